The molecule has 2 bridgehead atoms. The monoisotopic (exact) mass is 423 g/mol. The molecular weight excluding hydrogens is 410 g/mol. The highest BCUT2D eigenvalue weighted by Crippen LogP contribution is 2.36. The van der Waals surface area contributed by atoms with Crippen LogP contribution in [0.3, 0.4) is 0 Å². The summed E-state index contributed by atoms with van der Waals surface area (Å²) in [5.41, 5.74) is 0.985. The van der Waals surface area contributed by atoms with Crippen molar-refractivity contribution in [2.45, 2.75) is 49.3 Å². The molecule has 7 heteroatoms. The maximum atomic E-state index is 12.5. The SMILES string of the molecule is Cc1cc(Br)c(S(=O)(=O)NC2CC3CCC2O3)cc1Br. The second kappa shape index (κ2) is 5.35. The van der Waals surface area contributed by atoms with Crippen LogP contribution < -0.4 is 4.72 Å². The third-order valence-corrected chi connectivity index (χ3v) is 7.22. The van der Waals surface area contributed by atoms with E-state index >= 15 is 0 Å². The lowest BCUT2D eigenvalue weighted by molar-refractivity contribution is 0.0996. The molecule has 2 aliphatic heterocycles. The molecule has 2 fully saturated rings. The van der Waals surface area contributed by atoms with Gasteiger partial charge >= 0.3 is 0 Å². The van der Waals surface area contributed by atoms with Gasteiger partial charge < -0.3 is 4.74 Å². The molecule has 3 rings (SSSR count). The third-order valence-electron chi connectivity index (χ3n) is 3.92. The summed E-state index contributed by atoms with van der Waals surface area (Å²) in [6.45, 7) is 1.92. The molecule has 0 saturated carbocycles. The molecule has 0 spiro atoms. The lowest BCUT2D eigenvalue weighted by Crippen LogP contribution is -2.41. The Bertz CT molecular complexity index is 647. The number of aryl methyl sites for hydroxylation is 1. The first kappa shape index (κ1) is 15.0. The second-order valence-corrected chi connectivity index (χ2v) is 8.76. The molecule has 3 atom stereocenters. The Labute approximate surface area is 135 Å². The zero-order valence-corrected chi connectivity index (χ0v) is 14.9. The van der Waals surface area contributed by atoms with Gasteiger partial charge in [-0.3, -0.25) is 0 Å². The van der Waals surface area contributed by atoms with Crippen LogP contribution in [0.2, 0.25) is 0 Å². The van der Waals surface area contributed by atoms with Crippen LogP contribution in [0.5, 0.6) is 0 Å². The summed E-state index contributed by atoms with van der Waals surface area (Å²) >= 11 is 6.72. The topological polar surface area (TPSA) is 55.4 Å². The normalized spacial score (nSPS) is 29.1. The zero-order valence-electron chi connectivity index (χ0n) is 10.9. The van der Waals surface area contributed by atoms with Gasteiger partial charge in [-0.05, 0) is 59.8 Å². The Morgan fingerprint density at radius 1 is 1.25 bits per heavy atom. The third kappa shape index (κ3) is 2.70. The first-order chi connectivity index (χ1) is 9.37. The van der Waals surface area contributed by atoms with E-state index in [0.29, 0.717) is 4.47 Å². The molecule has 2 saturated heterocycles. The molecule has 0 aromatic heterocycles. The molecular formula is C13H15Br2NO3S. The van der Waals surface area contributed by atoms with Crippen molar-refractivity contribution < 1.29 is 13.2 Å². The molecule has 0 radical (unpaired) electrons. The average Bonchev–Trinajstić information content (AvgIpc) is 2.95. The summed E-state index contributed by atoms with van der Waals surface area (Å²) in [5, 5.41) is 0. The fourth-order valence-corrected chi connectivity index (χ4v) is 5.81. The lowest BCUT2D eigenvalue weighted by atomic mass is 9.96. The second-order valence-electron chi connectivity index (χ2n) is 5.37. The van der Waals surface area contributed by atoms with E-state index in [1.807, 2.05) is 6.92 Å². The fourth-order valence-electron chi connectivity index (χ4n) is 2.86. The number of nitrogens with one attached hydrogen (secondary N) is 1. The van der Waals surface area contributed by atoms with Crippen LogP contribution in [0, 0.1) is 6.92 Å². The van der Waals surface area contributed by atoms with Crippen molar-refractivity contribution >= 4 is 41.9 Å². The van der Waals surface area contributed by atoms with Crippen molar-refractivity contribution in [2.75, 3.05) is 0 Å². The Hall–Kier alpha value is 0.0500. The number of halogens is 2. The number of hydrogen-bond acceptors (Lipinski definition) is 3. The van der Waals surface area contributed by atoms with Gasteiger partial charge in [-0.1, -0.05) is 15.9 Å². The Morgan fingerprint density at radius 3 is 2.60 bits per heavy atom. The lowest BCUT2D eigenvalue weighted by Gasteiger charge is -2.20. The summed E-state index contributed by atoms with van der Waals surface area (Å²) in [5.74, 6) is 0. The molecule has 1 aromatic rings. The van der Waals surface area contributed by atoms with Crippen LogP contribution >= 0.6 is 31.9 Å². The predicted molar refractivity (Wildman–Crippen MR) is 83.2 cm³/mol. The highest BCUT2D eigenvalue weighted by atomic mass is 79.9. The number of hydrogen-bond donors (Lipinski definition) is 1. The smallest absolute Gasteiger partial charge is 0.242 e. The Kier molecular flexibility index (Phi) is 4.01. The quantitative estimate of drug-likeness (QED) is 0.810. The standard InChI is InChI=1S/C13H15Br2NO3S/c1-7-4-10(15)13(6-9(7)14)20(17,18)16-11-5-8-2-3-12(11)19-8/h4,6,8,11-12,16H,2-3,5H2,1H3. The van der Waals surface area contributed by atoms with Gasteiger partial charge in [0.1, 0.15) is 0 Å². The van der Waals surface area contributed by atoms with E-state index in [1.165, 1.54) is 0 Å². The van der Waals surface area contributed by atoms with Crippen LogP contribution in [-0.2, 0) is 14.8 Å². The number of ether oxygens (including phenoxy) is 1. The molecule has 0 amide bonds. The van der Waals surface area contributed by atoms with Gasteiger partial charge in [0.15, 0.2) is 0 Å². The maximum Gasteiger partial charge on any atom is 0.242 e. The average molecular weight is 425 g/mol. The number of fused-ring (bicyclic) bond motifs is 2. The van der Waals surface area contributed by atoms with E-state index < -0.39 is 10.0 Å². The molecule has 0 aliphatic carbocycles. The molecule has 110 valence electrons. The molecule has 4 nitrogen and oxygen atoms in total. The van der Waals surface area contributed by atoms with E-state index in [1.54, 1.807) is 12.1 Å². The number of rotatable bonds is 3. The van der Waals surface area contributed by atoms with Crippen molar-refractivity contribution in [3.8, 4) is 0 Å². The minimum absolute atomic E-state index is 0.0300. The van der Waals surface area contributed by atoms with Gasteiger partial charge in [0.25, 0.3) is 0 Å². The molecule has 2 heterocycles. The maximum absolute atomic E-state index is 12.5. The molecule has 1 aromatic carbocycles. The van der Waals surface area contributed by atoms with Crippen LogP contribution in [0.15, 0.2) is 26.0 Å². The molecule has 1 N–H and O–H groups in total. The van der Waals surface area contributed by atoms with E-state index in [-0.39, 0.29) is 23.1 Å². The molecule has 20 heavy (non-hydrogen) atoms. The van der Waals surface area contributed by atoms with Gasteiger partial charge in [-0.15, -0.1) is 0 Å². The van der Waals surface area contributed by atoms with Crippen LogP contribution in [0.1, 0.15) is 24.8 Å². The predicted octanol–water partition coefficient (Wildman–Crippen LogP) is 3.12. The highest BCUT2D eigenvalue weighted by Gasteiger charge is 2.42. The van der Waals surface area contributed by atoms with Crippen molar-refractivity contribution in [1.82, 2.24) is 4.72 Å². The first-order valence-electron chi connectivity index (χ1n) is 6.50. The van der Waals surface area contributed by atoms with Gasteiger partial charge in [0, 0.05) is 8.95 Å². The van der Waals surface area contributed by atoms with Crippen molar-refractivity contribution in [1.29, 1.82) is 0 Å². The van der Waals surface area contributed by atoms with Crippen LogP contribution in [0.4, 0.5) is 0 Å². The van der Waals surface area contributed by atoms with E-state index in [9.17, 15) is 8.42 Å². The molecule has 2 aliphatic rings. The number of benzene rings is 1. The van der Waals surface area contributed by atoms with Gasteiger partial charge in [-0.25, -0.2) is 13.1 Å². The minimum atomic E-state index is -3.54. The zero-order chi connectivity index (χ0) is 14.5. The van der Waals surface area contributed by atoms with Gasteiger partial charge in [0.05, 0.1) is 23.1 Å². The fraction of sp³-hybridized carbons (Fsp3) is 0.538. The number of sulfonamides is 1. The highest BCUT2D eigenvalue weighted by molar-refractivity contribution is 9.11. The first-order valence-corrected chi connectivity index (χ1v) is 9.57. The minimum Gasteiger partial charge on any atom is -0.373 e. The van der Waals surface area contributed by atoms with Crippen molar-refractivity contribution in [3.05, 3.63) is 26.6 Å². The van der Waals surface area contributed by atoms with Crippen LogP contribution in [0.25, 0.3) is 0 Å². The largest absolute Gasteiger partial charge is 0.373 e. The summed E-state index contributed by atoms with van der Waals surface area (Å²) < 4.78 is 34.9. The van der Waals surface area contributed by atoms with Crippen molar-refractivity contribution in [2.24, 2.45) is 0 Å². The summed E-state index contributed by atoms with van der Waals surface area (Å²) in [7, 11) is -3.54. The van der Waals surface area contributed by atoms with Gasteiger partial charge in [0.2, 0.25) is 10.0 Å². The Balaban J connectivity index is 1.87. The molecule has 3 unspecified atom stereocenters. The summed E-state index contributed by atoms with van der Waals surface area (Å²) in [4.78, 5) is 0.262. The van der Waals surface area contributed by atoms with Gasteiger partial charge in [-0.2, -0.15) is 0 Å². The van der Waals surface area contributed by atoms with E-state index in [2.05, 4.69) is 36.6 Å². The van der Waals surface area contributed by atoms with E-state index in [4.69, 9.17) is 4.74 Å². The van der Waals surface area contributed by atoms with Crippen molar-refractivity contribution in [3.63, 3.8) is 0 Å². The summed E-state index contributed by atoms with van der Waals surface area (Å²) in [6.07, 6.45) is 3.01. The summed E-state index contributed by atoms with van der Waals surface area (Å²) in [6, 6.07) is 3.33. The van der Waals surface area contributed by atoms with Crippen LogP contribution in [-0.4, -0.2) is 26.7 Å². The Morgan fingerprint density at radius 2 is 2.00 bits per heavy atom. The van der Waals surface area contributed by atoms with E-state index in [0.717, 1.165) is 29.3 Å².